The minimum absolute atomic E-state index is 0.129. The van der Waals surface area contributed by atoms with Gasteiger partial charge in [-0.25, -0.2) is 4.98 Å². The fraction of sp³-hybridized carbons (Fsp3) is 0.185. The van der Waals surface area contributed by atoms with Gasteiger partial charge in [0.15, 0.2) is 0 Å². The number of phenolic OH excluding ortho intramolecular Hbond substituents is 1. The number of carbonyl (C=O) groups excluding carboxylic acids is 1. The molecule has 0 radical (unpaired) electrons. The lowest BCUT2D eigenvalue weighted by Crippen LogP contribution is -2.21. The molecule has 0 aliphatic carbocycles. The molecule has 0 saturated heterocycles. The molecule has 0 aliphatic rings. The summed E-state index contributed by atoms with van der Waals surface area (Å²) in [6.45, 7) is 3.92. The Kier molecular flexibility index (Phi) is 6.36. The highest BCUT2D eigenvalue weighted by molar-refractivity contribution is 5.98. The van der Waals surface area contributed by atoms with Crippen molar-refractivity contribution in [2.45, 2.75) is 32.6 Å². The Morgan fingerprint density at radius 2 is 1.66 bits per heavy atom. The van der Waals surface area contributed by atoms with Gasteiger partial charge in [-0.15, -0.1) is 0 Å². The average molecular weight is 427 g/mol. The molecule has 4 aromatic rings. The molecule has 5 heteroatoms. The van der Waals surface area contributed by atoms with Crippen LogP contribution in [0.25, 0.3) is 22.7 Å². The van der Waals surface area contributed by atoms with Crippen LogP contribution < -0.4 is 5.32 Å². The predicted octanol–water partition coefficient (Wildman–Crippen LogP) is 6.55. The Balaban J connectivity index is 1.71. The largest absolute Gasteiger partial charge is 0.508 e. The van der Waals surface area contributed by atoms with Crippen molar-refractivity contribution in [3.8, 4) is 28.5 Å². The van der Waals surface area contributed by atoms with Gasteiger partial charge in [-0.2, -0.15) is 0 Å². The quantitative estimate of drug-likeness (QED) is 0.352. The van der Waals surface area contributed by atoms with E-state index in [1.54, 1.807) is 6.07 Å². The minimum atomic E-state index is -0.505. The van der Waals surface area contributed by atoms with Crippen LogP contribution in [0.15, 0.2) is 83.3 Å². The molecule has 3 aromatic carbocycles. The van der Waals surface area contributed by atoms with Crippen molar-refractivity contribution in [1.29, 1.82) is 0 Å². The van der Waals surface area contributed by atoms with Crippen LogP contribution in [-0.4, -0.2) is 16.0 Å². The van der Waals surface area contributed by atoms with Crippen molar-refractivity contribution in [2.75, 3.05) is 5.32 Å². The van der Waals surface area contributed by atoms with Gasteiger partial charge in [-0.05, 0) is 37.1 Å². The third-order valence-electron chi connectivity index (χ3n) is 5.39. The lowest BCUT2D eigenvalue weighted by Gasteiger charge is -2.17. The Morgan fingerprint density at radius 3 is 2.28 bits per heavy atom. The van der Waals surface area contributed by atoms with Gasteiger partial charge in [0.05, 0.1) is 5.92 Å². The van der Waals surface area contributed by atoms with Gasteiger partial charge in [0.2, 0.25) is 17.7 Å². The summed E-state index contributed by atoms with van der Waals surface area (Å²) in [6.07, 6.45) is 1.39. The summed E-state index contributed by atoms with van der Waals surface area (Å²) in [4.78, 5) is 18.0. The molecule has 1 atom stereocenters. The maximum Gasteiger partial charge on any atom is 0.234 e. The SMILES string of the molecule is CCCC(C(=O)Nc1oc(-c2ccccc2)nc1-c1ccccc1)c1ccc(C)cc1O. The van der Waals surface area contributed by atoms with E-state index in [4.69, 9.17) is 4.42 Å². The number of anilines is 1. The number of nitrogens with zero attached hydrogens (tertiary/aromatic N) is 1. The number of aryl methyl sites for hydroxylation is 1. The molecule has 0 saturated carbocycles. The first-order chi connectivity index (χ1) is 15.6. The first-order valence-electron chi connectivity index (χ1n) is 10.8. The van der Waals surface area contributed by atoms with Gasteiger partial charge in [0.25, 0.3) is 0 Å². The molecule has 5 nitrogen and oxygen atoms in total. The number of nitrogens with one attached hydrogen (secondary N) is 1. The zero-order valence-corrected chi connectivity index (χ0v) is 18.2. The van der Waals surface area contributed by atoms with Gasteiger partial charge in [0, 0.05) is 16.7 Å². The monoisotopic (exact) mass is 426 g/mol. The zero-order valence-electron chi connectivity index (χ0n) is 18.2. The first-order valence-corrected chi connectivity index (χ1v) is 10.8. The van der Waals surface area contributed by atoms with E-state index in [2.05, 4.69) is 10.3 Å². The third-order valence-corrected chi connectivity index (χ3v) is 5.39. The number of hydrogen-bond donors (Lipinski definition) is 2. The molecular weight excluding hydrogens is 400 g/mol. The summed E-state index contributed by atoms with van der Waals surface area (Å²) in [5.74, 6) is 0.121. The maximum absolute atomic E-state index is 13.4. The van der Waals surface area contributed by atoms with Crippen molar-refractivity contribution in [3.05, 3.63) is 90.0 Å². The van der Waals surface area contributed by atoms with Crippen molar-refractivity contribution in [3.63, 3.8) is 0 Å². The average Bonchev–Trinajstić information content (AvgIpc) is 3.23. The molecule has 1 unspecified atom stereocenters. The molecule has 0 aliphatic heterocycles. The fourth-order valence-electron chi connectivity index (χ4n) is 3.76. The first kappa shape index (κ1) is 21.4. The van der Waals surface area contributed by atoms with Crippen LogP contribution in [0.3, 0.4) is 0 Å². The number of oxazole rings is 1. The van der Waals surface area contributed by atoms with Crippen LogP contribution in [0.1, 0.15) is 36.8 Å². The zero-order chi connectivity index (χ0) is 22.5. The van der Waals surface area contributed by atoms with E-state index in [9.17, 15) is 9.90 Å². The topological polar surface area (TPSA) is 75.4 Å². The van der Waals surface area contributed by atoms with E-state index in [1.165, 1.54) is 0 Å². The molecule has 0 spiro atoms. The minimum Gasteiger partial charge on any atom is -0.508 e. The van der Waals surface area contributed by atoms with E-state index in [0.29, 0.717) is 29.5 Å². The van der Waals surface area contributed by atoms with Crippen LogP contribution in [0.5, 0.6) is 5.75 Å². The second-order valence-electron chi connectivity index (χ2n) is 7.82. The van der Waals surface area contributed by atoms with E-state index in [-0.39, 0.29) is 11.7 Å². The molecule has 1 amide bonds. The van der Waals surface area contributed by atoms with Crippen molar-refractivity contribution in [2.24, 2.45) is 0 Å². The van der Waals surface area contributed by atoms with Crippen molar-refractivity contribution >= 4 is 11.8 Å². The maximum atomic E-state index is 13.4. The molecule has 0 fully saturated rings. The highest BCUT2D eigenvalue weighted by Gasteiger charge is 2.26. The van der Waals surface area contributed by atoms with E-state index in [0.717, 1.165) is 23.1 Å². The third kappa shape index (κ3) is 4.57. The van der Waals surface area contributed by atoms with E-state index < -0.39 is 5.92 Å². The van der Waals surface area contributed by atoms with Gasteiger partial charge in [0.1, 0.15) is 11.4 Å². The number of phenols is 1. The molecule has 1 heterocycles. The molecule has 4 rings (SSSR count). The Labute approximate surface area is 187 Å². The molecule has 162 valence electrons. The lowest BCUT2D eigenvalue weighted by molar-refractivity contribution is -0.117. The number of carbonyl (C=O) groups is 1. The van der Waals surface area contributed by atoms with Gasteiger partial charge < -0.3 is 9.52 Å². The highest BCUT2D eigenvalue weighted by Crippen LogP contribution is 2.35. The van der Waals surface area contributed by atoms with Crippen molar-refractivity contribution in [1.82, 2.24) is 4.98 Å². The standard InChI is InChI=1S/C27H26N2O3/c1-3-10-22(21-16-15-18(2)17-23(21)30)25(31)29-27-24(19-11-6-4-7-12-19)28-26(32-27)20-13-8-5-9-14-20/h4-9,11-17,22,30H,3,10H2,1-2H3,(H,29,31). The number of aromatic hydroxyl groups is 1. The molecule has 1 aromatic heterocycles. The van der Waals surface area contributed by atoms with Gasteiger partial charge in [-0.3, -0.25) is 10.1 Å². The van der Waals surface area contributed by atoms with Crippen LogP contribution in [-0.2, 0) is 4.79 Å². The number of aromatic nitrogens is 1. The summed E-state index contributed by atoms with van der Waals surface area (Å²) in [5, 5.41) is 13.4. The second-order valence-corrected chi connectivity index (χ2v) is 7.82. The highest BCUT2D eigenvalue weighted by atomic mass is 16.4. The Morgan fingerprint density at radius 1 is 1.00 bits per heavy atom. The van der Waals surface area contributed by atoms with E-state index in [1.807, 2.05) is 86.6 Å². The van der Waals surface area contributed by atoms with Crippen molar-refractivity contribution < 1.29 is 14.3 Å². The summed E-state index contributed by atoms with van der Waals surface area (Å²) in [6, 6.07) is 24.6. The smallest absolute Gasteiger partial charge is 0.234 e. The molecule has 2 N–H and O–H groups in total. The Bertz CT molecular complexity index is 1200. The molecule has 0 bridgehead atoms. The molecular formula is C27H26N2O3. The summed E-state index contributed by atoms with van der Waals surface area (Å²) in [7, 11) is 0. The van der Waals surface area contributed by atoms with Crippen LogP contribution in [0.2, 0.25) is 0 Å². The molecule has 32 heavy (non-hydrogen) atoms. The Hall–Kier alpha value is -3.86. The van der Waals surface area contributed by atoms with Crippen LogP contribution in [0.4, 0.5) is 5.88 Å². The van der Waals surface area contributed by atoms with Crippen LogP contribution >= 0.6 is 0 Å². The summed E-state index contributed by atoms with van der Waals surface area (Å²) in [5.41, 5.74) is 3.79. The summed E-state index contributed by atoms with van der Waals surface area (Å²) < 4.78 is 6.03. The van der Waals surface area contributed by atoms with Crippen LogP contribution in [0, 0.1) is 6.92 Å². The lowest BCUT2D eigenvalue weighted by atomic mass is 9.92. The summed E-state index contributed by atoms with van der Waals surface area (Å²) >= 11 is 0. The number of benzene rings is 3. The number of rotatable bonds is 7. The number of amides is 1. The van der Waals surface area contributed by atoms with E-state index >= 15 is 0 Å². The normalized spacial score (nSPS) is 11.8. The second kappa shape index (κ2) is 9.52. The van der Waals surface area contributed by atoms with Gasteiger partial charge >= 0.3 is 0 Å². The number of hydrogen-bond acceptors (Lipinski definition) is 4. The fourth-order valence-corrected chi connectivity index (χ4v) is 3.76. The van der Waals surface area contributed by atoms with Gasteiger partial charge in [-0.1, -0.05) is 74.0 Å². The predicted molar refractivity (Wildman–Crippen MR) is 126 cm³/mol.